The van der Waals surface area contributed by atoms with Gasteiger partial charge >= 0.3 is 0 Å². The van der Waals surface area contributed by atoms with E-state index in [-0.39, 0.29) is 24.2 Å². The number of hydrogen-bond donors (Lipinski definition) is 0. The molecule has 0 radical (unpaired) electrons. The molecular weight excluding hydrogens is 347 g/mol. The van der Waals surface area contributed by atoms with E-state index < -0.39 is 0 Å². The van der Waals surface area contributed by atoms with E-state index in [0.717, 1.165) is 16.8 Å². The minimum absolute atomic E-state index is 0.00972. The SMILES string of the molecule is Cc1ccc2c(c1)N(CCCC(=O)N(C)Cc1ccc(F)cc1)C(=O)CO2. The minimum Gasteiger partial charge on any atom is -0.482 e. The third-order valence-corrected chi connectivity index (χ3v) is 4.59. The van der Waals surface area contributed by atoms with Crippen molar-refractivity contribution in [3.63, 3.8) is 0 Å². The first kappa shape index (κ1) is 18.9. The van der Waals surface area contributed by atoms with Gasteiger partial charge in [0.05, 0.1) is 5.69 Å². The molecule has 1 heterocycles. The van der Waals surface area contributed by atoms with Gasteiger partial charge in [0, 0.05) is 26.6 Å². The Morgan fingerprint density at radius 1 is 1.22 bits per heavy atom. The van der Waals surface area contributed by atoms with Crippen LogP contribution < -0.4 is 9.64 Å². The van der Waals surface area contributed by atoms with E-state index in [1.165, 1.54) is 12.1 Å². The average molecular weight is 370 g/mol. The van der Waals surface area contributed by atoms with Crippen LogP contribution >= 0.6 is 0 Å². The Bertz CT molecular complexity index is 836. The molecule has 1 aliphatic rings. The second kappa shape index (κ2) is 8.20. The van der Waals surface area contributed by atoms with Gasteiger partial charge in [-0.2, -0.15) is 0 Å². The highest BCUT2D eigenvalue weighted by Crippen LogP contribution is 2.33. The van der Waals surface area contributed by atoms with Gasteiger partial charge in [-0.3, -0.25) is 9.59 Å². The summed E-state index contributed by atoms with van der Waals surface area (Å²) < 4.78 is 18.4. The van der Waals surface area contributed by atoms with Crippen LogP contribution in [0.5, 0.6) is 5.75 Å². The van der Waals surface area contributed by atoms with E-state index in [4.69, 9.17) is 4.74 Å². The van der Waals surface area contributed by atoms with Crippen molar-refractivity contribution in [2.45, 2.75) is 26.3 Å². The number of halogens is 1. The second-order valence-corrected chi connectivity index (χ2v) is 6.79. The molecule has 0 N–H and O–H groups in total. The molecule has 142 valence electrons. The molecule has 2 aromatic carbocycles. The molecule has 0 bridgehead atoms. The van der Waals surface area contributed by atoms with Gasteiger partial charge in [-0.05, 0) is 48.7 Å². The first-order valence-electron chi connectivity index (χ1n) is 8.96. The zero-order chi connectivity index (χ0) is 19.4. The fourth-order valence-corrected chi connectivity index (χ4v) is 3.09. The van der Waals surface area contributed by atoms with Crippen LogP contribution in [0, 0.1) is 12.7 Å². The number of amides is 2. The number of aryl methyl sites for hydroxylation is 1. The third kappa shape index (κ3) is 4.64. The topological polar surface area (TPSA) is 49.9 Å². The first-order valence-corrected chi connectivity index (χ1v) is 8.96. The predicted octanol–water partition coefficient (Wildman–Crippen LogP) is 3.30. The molecule has 6 heteroatoms. The number of ether oxygens (including phenoxy) is 1. The molecule has 0 spiro atoms. The maximum atomic E-state index is 13.0. The van der Waals surface area contributed by atoms with Gasteiger partial charge < -0.3 is 14.5 Å². The van der Waals surface area contributed by atoms with Crippen LogP contribution in [0.25, 0.3) is 0 Å². The van der Waals surface area contributed by atoms with E-state index >= 15 is 0 Å². The summed E-state index contributed by atoms with van der Waals surface area (Å²) in [4.78, 5) is 27.9. The Morgan fingerprint density at radius 2 is 1.96 bits per heavy atom. The summed E-state index contributed by atoms with van der Waals surface area (Å²) in [6.45, 7) is 2.88. The monoisotopic (exact) mass is 370 g/mol. The molecule has 3 rings (SSSR count). The largest absolute Gasteiger partial charge is 0.482 e. The van der Waals surface area contributed by atoms with Gasteiger partial charge in [0.25, 0.3) is 5.91 Å². The lowest BCUT2D eigenvalue weighted by Gasteiger charge is -2.29. The van der Waals surface area contributed by atoms with E-state index in [0.29, 0.717) is 31.7 Å². The molecule has 5 nitrogen and oxygen atoms in total. The van der Waals surface area contributed by atoms with Crippen LogP contribution in [0.2, 0.25) is 0 Å². The van der Waals surface area contributed by atoms with Crippen molar-refractivity contribution < 1.29 is 18.7 Å². The Balaban J connectivity index is 1.54. The third-order valence-electron chi connectivity index (χ3n) is 4.59. The lowest BCUT2D eigenvalue weighted by atomic mass is 10.1. The Kier molecular flexibility index (Phi) is 5.74. The predicted molar refractivity (Wildman–Crippen MR) is 101 cm³/mol. The number of nitrogens with zero attached hydrogens (tertiary/aromatic N) is 2. The van der Waals surface area contributed by atoms with Gasteiger partial charge in [-0.15, -0.1) is 0 Å². The molecular formula is C21H23FN2O3. The summed E-state index contributed by atoms with van der Waals surface area (Å²) in [7, 11) is 1.73. The van der Waals surface area contributed by atoms with Crippen LogP contribution in [0.3, 0.4) is 0 Å². The minimum atomic E-state index is -0.293. The molecule has 2 amide bonds. The highest BCUT2D eigenvalue weighted by atomic mass is 19.1. The number of carbonyl (C=O) groups excluding carboxylic acids is 2. The maximum absolute atomic E-state index is 13.0. The highest BCUT2D eigenvalue weighted by Gasteiger charge is 2.25. The molecule has 0 atom stereocenters. The molecule has 27 heavy (non-hydrogen) atoms. The number of carbonyl (C=O) groups is 2. The number of benzene rings is 2. The number of rotatable bonds is 6. The van der Waals surface area contributed by atoms with Crippen LogP contribution in [-0.2, 0) is 16.1 Å². The second-order valence-electron chi connectivity index (χ2n) is 6.79. The van der Waals surface area contributed by atoms with Crippen molar-refractivity contribution >= 4 is 17.5 Å². The number of fused-ring (bicyclic) bond motifs is 1. The van der Waals surface area contributed by atoms with Crippen molar-refractivity contribution in [2.75, 3.05) is 25.1 Å². The van der Waals surface area contributed by atoms with Crippen LogP contribution in [0.4, 0.5) is 10.1 Å². The quantitative estimate of drug-likeness (QED) is 0.784. The maximum Gasteiger partial charge on any atom is 0.265 e. The normalized spacial score (nSPS) is 13.1. The number of anilines is 1. The summed E-state index contributed by atoms with van der Waals surface area (Å²) in [6.07, 6.45) is 0.898. The van der Waals surface area contributed by atoms with Crippen LogP contribution in [-0.4, -0.2) is 36.9 Å². The smallest absolute Gasteiger partial charge is 0.265 e. The zero-order valence-corrected chi connectivity index (χ0v) is 15.6. The van der Waals surface area contributed by atoms with Gasteiger partial charge in [0.15, 0.2) is 6.61 Å². The van der Waals surface area contributed by atoms with Crippen LogP contribution in [0.15, 0.2) is 42.5 Å². The first-order chi connectivity index (χ1) is 12.9. The average Bonchev–Trinajstić information content (AvgIpc) is 2.65. The van der Waals surface area contributed by atoms with E-state index in [1.807, 2.05) is 25.1 Å². The molecule has 0 saturated carbocycles. The van der Waals surface area contributed by atoms with Crippen molar-refractivity contribution in [1.29, 1.82) is 0 Å². The molecule has 0 fully saturated rings. The molecule has 0 aliphatic carbocycles. The lowest BCUT2D eigenvalue weighted by molar-refractivity contribution is -0.130. The van der Waals surface area contributed by atoms with Crippen LogP contribution in [0.1, 0.15) is 24.0 Å². The summed E-state index contributed by atoms with van der Waals surface area (Å²) in [5, 5.41) is 0. The van der Waals surface area contributed by atoms with Crippen molar-refractivity contribution in [2.24, 2.45) is 0 Å². The molecule has 2 aromatic rings. The molecule has 0 saturated heterocycles. The van der Waals surface area contributed by atoms with Gasteiger partial charge in [-0.1, -0.05) is 18.2 Å². The summed E-state index contributed by atoms with van der Waals surface area (Å²) in [5.74, 6) is 0.295. The Labute approximate surface area is 158 Å². The fourth-order valence-electron chi connectivity index (χ4n) is 3.09. The van der Waals surface area contributed by atoms with E-state index in [9.17, 15) is 14.0 Å². The summed E-state index contributed by atoms with van der Waals surface area (Å²) >= 11 is 0. The summed E-state index contributed by atoms with van der Waals surface area (Å²) in [6, 6.07) is 11.9. The van der Waals surface area contributed by atoms with E-state index in [2.05, 4.69) is 0 Å². The zero-order valence-electron chi connectivity index (χ0n) is 15.6. The number of hydrogen-bond acceptors (Lipinski definition) is 3. The van der Waals surface area contributed by atoms with Crippen molar-refractivity contribution in [1.82, 2.24) is 4.90 Å². The van der Waals surface area contributed by atoms with Gasteiger partial charge in [-0.25, -0.2) is 4.39 Å². The summed E-state index contributed by atoms with van der Waals surface area (Å²) in [5.41, 5.74) is 2.69. The fraction of sp³-hybridized carbons (Fsp3) is 0.333. The van der Waals surface area contributed by atoms with Gasteiger partial charge in [0.2, 0.25) is 5.91 Å². The van der Waals surface area contributed by atoms with Crippen molar-refractivity contribution in [3.05, 3.63) is 59.4 Å². The van der Waals surface area contributed by atoms with Crippen molar-refractivity contribution in [3.8, 4) is 5.75 Å². The highest BCUT2D eigenvalue weighted by molar-refractivity contribution is 5.98. The Hall–Kier alpha value is -2.89. The molecule has 0 aromatic heterocycles. The Morgan fingerprint density at radius 3 is 2.70 bits per heavy atom. The standard InChI is InChI=1S/C21H23FN2O3/c1-15-5-10-19-18(12-15)24(21(26)14-27-19)11-3-4-20(25)23(2)13-16-6-8-17(22)9-7-16/h5-10,12H,3-4,11,13-14H2,1-2H3. The lowest BCUT2D eigenvalue weighted by Crippen LogP contribution is -2.39. The molecule has 0 unspecified atom stereocenters. The van der Waals surface area contributed by atoms with E-state index in [1.54, 1.807) is 29.0 Å². The van der Waals surface area contributed by atoms with Gasteiger partial charge in [0.1, 0.15) is 11.6 Å². The molecule has 1 aliphatic heterocycles.